The van der Waals surface area contributed by atoms with Gasteiger partial charge in [0.25, 0.3) is 0 Å². The molecule has 0 spiro atoms. The second-order valence-electron chi connectivity index (χ2n) is 6.16. The molecule has 0 aliphatic heterocycles. The number of carbonyl (C=O) groups is 1. The van der Waals surface area contributed by atoms with Gasteiger partial charge in [-0.2, -0.15) is 0 Å². The molecule has 1 fully saturated rings. The number of rotatable bonds is 3. The van der Waals surface area contributed by atoms with Gasteiger partial charge in [0.2, 0.25) is 5.91 Å². The van der Waals surface area contributed by atoms with E-state index in [1.54, 1.807) is 0 Å². The molecule has 110 valence electrons. The Balaban J connectivity index is 1.77. The van der Waals surface area contributed by atoms with E-state index in [0.717, 1.165) is 31.2 Å². The van der Waals surface area contributed by atoms with Crippen LogP contribution < -0.4 is 11.1 Å². The number of nitrogens with two attached hydrogens (primary N) is 1. The van der Waals surface area contributed by atoms with E-state index in [2.05, 4.69) is 35.6 Å². The minimum Gasteiger partial charge on any atom is -0.348 e. The van der Waals surface area contributed by atoms with Crippen LogP contribution in [0.2, 0.25) is 0 Å². The fourth-order valence-electron chi connectivity index (χ4n) is 3.13. The van der Waals surface area contributed by atoms with Gasteiger partial charge in [-0.25, -0.2) is 0 Å². The second kappa shape index (κ2) is 5.49. The molecule has 1 saturated carbocycles. The van der Waals surface area contributed by atoms with E-state index in [4.69, 9.17) is 5.73 Å². The molecule has 1 amide bonds. The van der Waals surface area contributed by atoms with Gasteiger partial charge in [0.05, 0.1) is 11.6 Å². The maximum absolute atomic E-state index is 12.4. The maximum atomic E-state index is 12.4. The van der Waals surface area contributed by atoms with Crippen LogP contribution in [0.3, 0.4) is 0 Å². The van der Waals surface area contributed by atoms with E-state index < -0.39 is 5.54 Å². The molecule has 3 heteroatoms. The van der Waals surface area contributed by atoms with Gasteiger partial charge in [-0.15, -0.1) is 0 Å². The zero-order valence-corrected chi connectivity index (χ0v) is 12.4. The quantitative estimate of drug-likeness (QED) is 0.907. The Morgan fingerprint density at radius 1 is 1.14 bits per heavy atom. The summed E-state index contributed by atoms with van der Waals surface area (Å²) in [5.41, 5.74) is 6.66. The summed E-state index contributed by atoms with van der Waals surface area (Å²) in [6.07, 6.45) is 3.69. The standard InChI is InChI=1S/C18H22N2O/c1-13(20-17(21)18(19)10-4-5-11-18)15-9-8-14-6-2-3-7-16(14)12-15/h2-3,6-9,12-13H,4-5,10-11,19H2,1H3,(H,20,21). The topological polar surface area (TPSA) is 55.1 Å². The Morgan fingerprint density at radius 2 is 1.81 bits per heavy atom. The minimum atomic E-state index is -0.662. The lowest BCUT2D eigenvalue weighted by molar-refractivity contribution is -0.126. The van der Waals surface area contributed by atoms with Crippen LogP contribution in [-0.4, -0.2) is 11.4 Å². The van der Waals surface area contributed by atoms with Crippen LogP contribution in [0, 0.1) is 0 Å². The molecule has 2 aromatic carbocycles. The fraction of sp³-hybridized carbons (Fsp3) is 0.389. The molecule has 2 aromatic rings. The van der Waals surface area contributed by atoms with Crippen molar-refractivity contribution in [1.82, 2.24) is 5.32 Å². The Kier molecular flexibility index (Phi) is 3.68. The van der Waals surface area contributed by atoms with Gasteiger partial charge in [-0.3, -0.25) is 4.79 Å². The van der Waals surface area contributed by atoms with Crippen LogP contribution in [0.25, 0.3) is 10.8 Å². The zero-order chi connectivity index (χ0) is 14.9. The largest absolute Gasteiger partial charge is 0.348 e. The molecule has 0 radical (unpaired) electrons. The zero-order valence-electron chi connectivity index (χ0n) is 12.4. The van der Waals surface area contributed by atoms with E-state index in [-0.39, 0.29) is 11.9 Å². The number of amides is 1. The maximum Gasteiger partial charge on any atom is 0.240 e. The molecular weight excluding hydrogens is 260 g/mol. The summed E-state index contributed by atoms with van der Waals surface area (Å²) in [5.74, 6) is -0.0133. The average molecular weight is 282 g/mol. The van der Waals surface area contributed by atoms with Crippen molar-refractivity contribution < 1.29 is 4.79 Å². The van der Waals surface area contributed by atoms with Crippen LogP contribution in [0.5, 0.6) is 0 Å². The summed E-state index contributed by atoms with van der Waals surface area (Å²) in [6, 6.07) is 14.5. The van der Waals surface area contributed by atoms with Crippen LogP contribution in [0.4, 0.5) is 0 Å². The molecule has 0 bridgehead atoms. The van der Waals surface area contributed by atoms with Crippen molar-refractivity contribution in [2.75, 3.05) is 0 Å². The Bertz CT molecular complexity index is 659. The molecule has 1 unspecified atom stereocenters. The van der Waals surface area contributed by atoms with Crippen molar-refractivity contribution in [3.63, 3.8) is 0 Å². The van der Waals surface area contributed by atoms with Crippen molar-refractivity contribution in [1.29, 1.82) is 0 Å². The Hall–Kier alpha value is -1.87. The summed E-state index contributed by atoms with van der Waals surface area (Å²) < 4.78 is 0. The predicted octanol–water partition coefficient (Wildman–Crippen LogP) is 3.29. The van der Waals surface area contributed by atoms with Gasteiger partial charge in [-0.05, 0) is 42.2 Å². The molecule has 3 nitrogen and oxygen atoms in total. The summed E-state index contributed by atoms with van der Waals surface area (Å²) >= 11 is 0. The van der Waals surface area contributed by atoms with E-state index in [0.29, 0.717) is 0 Å². The molecule has 0 aromatic heterocycles. The van der Waals surface area contributed by atoms with Crippen LogP contribution in [0.15, 0.2) is 42.5 Å². The molecule has 0 heterocycles. The molecule has 1 aliphatic carbocycles. The van der Waals surface area contributed by atoms with Crippen LogP contribution in [0.1, 0.15) is 44.2 Å². The van der Waals surface area contributed by atoms with Gasteiger partial charge in [0, 0.05) is 0 Å². The molecule has 1 atom stereocenters. The number of carbonyl (C=O) groups excluding carboxylic acids is 1. The number of hydrogen-bond acceptors (Lipinski definition) is 2. The van der Waals surface area contributed by atoms with Crippen LogP contribution in [-0.2, 0) is 4.79 Å². The van der Waals surface area contributed by atoms with E-state index in [1.165, 1.54) is 10.8 Å². The third kappa shape index (κ3) is 2.79. The first-order chi connectivity index (χ1) is 10.1. The first-order valence-corrected chi connectivity index (χ1v) is 7.67. The van der Waals surface area contributed by atoms with Crippen molar-refractivity contribution in [3.8, 4) is 0 Å². The van der Waals surface area contributed by atoms with Gasteiger partial charge in [-0.1, -0.05) is 49.2 Å². The molecule has 3 rings (SSSR count). The summed E-state index contributed by atoms with van der Waals surface area (Å²) in [7, 11) is 0. The molecule has 0 saturated heterocycles. The lowest BCUT2D eigenvalue weighted by Gasteiger charge is -2.25. The van der Waals surface area contributed by atoms with Crippen molar-refractivity contribution >= 4 is 16.7 Å². The Morgan fingerprint density at radius 3 is 2.52 bits per heavy atom. The minimum absolute atomic E-state index is 0.0133. The second-order valence-corrected chi connectivity index (χ2v) is 6.16. The normalized spacial score (nSPS) is 18.6. The summed E-state index contributed by atoms with van der Waals surface area (Å²) in [5, 5.41) is 5.49. The fourth-order valence-corrected chi connectivity index (χ4v) is 3.13. The summed E-state index contributed by atoms with van der Waals surface area (Å²) in [4.78, 5) is 12.4. The van der Waals surface area contributed by atoms with Crippen LogP contribution >= 0.6 is 0 Å². The highest BCUT2D eigenvalue weighted by atomic mass is 16.2. The molecule has 3 N–H and O–H groups in total. The highest BCUT2D eigenvalue weighted by Crippen LogP contribution is 2.28. The van der Waals surface area contributed by atoms with Crippen molar-refractivity contribution in [2.45, 2.75) is 44.2 Å². The van der Waals surface area contributed by atoms with Gasteiger partial charge < -0.3 is 11.1 Å². The highest BCUT2D eigenvalue weighted by molar-refractivity contribution is 5.87. The van der Waals surface area contributed by atoms with E-state index in [1.807, 2.05) is 19.1 Å². The molecular formula is C18H22N2O. The van der Waals surface area contributed by atoms with Gasteiger partial charge in [0.15, 0.2) is 0 Å². The lowest BCUT2D eigenvalue weighted by Crippen LogP contribution is -2.52. The Labute approximate surface area is 125 Å². The smallest absolute Gasteiger partial charge is 0.240 e. The monoisotopic (exact) mass is 282 g/mol. The van der Waals surface area contributed by atoms with Crippen molar-refractivity contribution in [3.05, 3.63) is 48.0 Å². The SMILES string of the molecule is CC(NC(=O)C1(N)CCCC1)c1ccc2ccccc2c1. The molecule has 21 heavy (non-hydrogen) atoms. The number of benzene rings is 2. The highest BCUT2D eigenvalue weighted by Gasteiger charge is 2.37. The van der Waals surface area contributed by atoms with Crippen molar-refractivity contribution in [2.24, 2.45) is 5.73 Å². The van der Waals surface area contributed by atoms with Gasteiger partial charge >= 0.3 is 0 Å². The third-order valence-corrected chi connectivity index (χ3v) is 4.57. The average Bonchev–Trinajstić information content (AvgIpc) is 2.95. The first-order valence-electron chi connectivity index (χ1n) is 7.67. The number of hydrogen-bond donors (Lipinski definition) is 2. The van der Waals surface area contributed by atoms with E-state index >= 15 is 0 Å². The third-order valence-electron chi connectivity index (χ3n) is 4.57. The lowest BCUT2D eigenvalue weighted by atomic mass is 9.96. The predicted molar refractivity (Wildman–Crippen MR) is 85.9 cm³/mol. The number of nitrogens with one attached hydrogen (secondary N) is 1. The van der Waals surface area contributed by atoms with E-state index in [9.17, 15) is 4.79 Å². The summed E-state index contributed by atoms with van der Waals surface area (Å²) in [6.45, 7) is 2.01. The first kappa shape index (κ1) is 14.1. The molecule has 1 aliphatic rings. The van der Waals surface area contributed by atoms with Gasteiger partial charge in [0.1, 0.15) is 0 Å². The number of fused-ring (bicyclic) bond motifs is 1.